The molecule has 0 unspecified atom stereocenters. The van der Waals surface area contributed by atoms with E-state index in [-0.39, 0.29) is 5.54 Å². The number of thiazole rings is 1. The van der Waals surface area contributed by atoms with E-state index in [0.29, 0.717) is 0 Å². The molecule has 0 saturated carbocycles. The highest BCUT2D eigenvalue weighted by molar-refractivity contribution is 7.09. The quantitative estimate of drug-likeness (QED) is 0.908. The smallest absolute Gasteiger partial charge is 0.0897 e. The second-order valence-corrected chi connectivity index (χ2v) is 8.71. The van der Waals surface area contributed by atoms with Crippen LogP contribution in [0.25, 0.3) is 0 Å². The van der Waals surface area contributed by atoms with Gasteiger partial charge in [-0.1, -0.05) is 0 Å². The van der Waals surface area contributed by atoms with Crippen molar-refractivity contribution >= 4 is 11.3 Å². The van der Waals surface area contributed by atoms with Crippen LogP contribution in [0.5, 0.6) is 0 Å². The number of aryl methyl sites for hydroxylation is 1. The minimum atomic E-state index is -0.620. The molecule has 23 heavy (non-hydrogen) atoms. The molecule has 5 nitrogen and oxygen atoms in total. The first-order valence-electron chi connectivity index (χ1n) is 8.55. The fraction of sp³-hybridized carbons (Fsp3) is 0.824. The summed E-state index contributed by atoms with van der Waals surface area (Å²) >= 11 is 1.73. The van der Waals surface area contributed by atoms with Crippen LogP contribution in [-0.4, -0.2) is 70.4 Å². The van der Waals surface area contributed by atoms with E-state index >= 15 is 0 Å². The van der Waals surface area contributed by atoms with E-state index in [9.17, 15) is 5.11 Å². The number of piperidine rings is 1. The highest BCUT2D eigenvalue weighted by Crippen LogP contribution is 2.33. The maximum absolute atomic E-state index is 10.0. The molecule has 1 spiro atoms. The van der Waals surface area contributed by atoms with Gasteiger partial charge in [0, 0.05) is 43.6 Å². The molecule has 2 aliphatic heterocycles. The molecular weight excluding hydrogens is 310 g/mol. The van der Waals surface area contributed by atoms with Crippen LogP contribution in [0.1, 0.15) is 37.4 Å². The molecule has 6 heteroatoms. The summed E-state index contributed by atoms with van der Waals surface area (Å²) in [6, 6.07) is 0. The maximum atomic E-state index is 10.0. The monoisotopic (exact) mass is 339 g/mol. The fourth-order valence-corrected chi connectivity index (χ4v) is 4.43. The molecule has 130 valence electrons. The van der Waals surface area contributed by atoms with Crippen molar-refractivity contribution in [2.24, 2.45) is 0 Å². The molecule has 0 aromatic carbocycles. The van der Waals surface area contributed by atoms with Crippen molar-refractivity contribution in [2.45, 2.75) is 51.3 Å². The van der Waals surface area contributed by atoms with Crippen LogP contribution >= 0.6 is 11.3 Å². The van der Waals surface area contributed by atoms with Gasteiger partial charge in [0.15, 0.2) is 0 Å². The molecule has 0 bridgehead atoms. The van der Waals surface area contributed by atoms with Crippen LogP contribution in [0.2, 0.25) is 0 Å². The van der Waals surface area contributed by atoms with E-state index in [0.717, 1.165) is 63.8 Å². The van der Waals surface area contributed by atoms with Crippen molar-refractivity contribution < 1.29 is 9.84 Å². The van der Waals surface area contributed by atoms with Crippen molar-refractivity contribution in [3.05, 3.63) is 16.1 Å². The van der Waals surface area contributed by atoms with Crippen LogP contribution in [0.4, 0.5) is 0 Å². The maximum Gasteiger partial charge on any atom is 0.0897 e. The Kier molecular flexibility index (Phi) is 5.09. The van der Waals surface area contributed by atoms with Gasteiger partial charge < -0.3 is 14.7 Å². The van der Waals surface area contributed by atoms with E-state index in [2.05, 4.69) is 27.1 Å². The minimum absolute atomic E-state index is 0.145. The Hall–Kier alpha value is -0.530. The normalized spacial score (nSPS) is 23.5. The van der Waals surface area contributed by atoms with Crippen molar-refractivity contribution in [3.8, 4) is 0 Å². The number of β-amino-alcohol motifs (C(OH)–C–C–N with tert-alkyl or cyclic N) is 1. The highest BCUT2D eigenvalue weighted by atomic mass is 32.1. The molecule has 2 fully saturated rings. The van der Waals surface area contributed by atoms with Gasteiger partial charge in [-0.15, -0.1) is 11.3 Å². The number of likely N-dealkylation sites (tertiary alicyclic amines) is 1. The van der Waals surface area contributed by atoms with E-state index in [1.54, 1.807) is 11.3 Å². The Balaban J connectivity index is 1.64. The zero-order chi connectivity index (χ0) is 16.5. The SMILES string of the molecule is Cc1nc(CN2CCOCC23CCN(CC(C)(C)O)CC3)cs1. The van der Waals surface area contributed by atoms with Crippen LogP contribution in [0.15, 0.2) is 5.38 Å². The third-order valence-corrected chi connectivity index (χ3v) is 5.79. The summed E-state index contributed by atoms with van der Waals surface area (Å²) < 4.78 is 5.84. The van der Waals surface area contributed by atoms with E-state index in [4.69, 9.17) is 4.74 Å². The lowest BCUT2D eigenvalue weighted by Gasteiger charge is -2.51. The van der Waals surface area contributed by atoms with Gasteiger partial charge in [-0.25, -0.2) is 4.98 Å². The van der Waals surface area contributed by atoms with Crippen molar-refractivity contribution in [1.29, 1.82) is 0 Å². The van der Waals surface area contributed by atoms with Crippen LogP contribution in [-0.2, 0) is 11.3 Å². The van der Waals surface area contributed by atoms with Crippen molar-refractivity contribution in [2.75, 3.05) is 39.4 Å². The molecule has 1 N–H and O–H groups in total. The third-order valence-electron chi connectivity index (χ3n) is 4.96. The summed E-state index contributed by atoms with van der Waals surface area (Å²) in [6.45, 7) is 12.2. The van der Waals surface area contributed by atoms with Crippen LogP contribution in [0, 0.1) is 6.92 Å². The molecule has 0 amide bonds. The largest absolute Gasteiger partial charge is 0.389 e. The summed E-state index contributed by atoms with van der Waals surface area (Å²) in [7, 11) is 0. The van der Waals surface area contributed by atoms with E-state index in [1.165, 1.54) is 5.69 Å². The first kappa shape index (κ1) is 17.3. The molecule has 2 saturated heterocycles. The van der Waals surface area contributed by atoms with Crippen LogP contribution in [0.3, 0.4) is 0 Å². The highest BCUT2D eigenvalue weighted by Gasteiger charge is 2.42. The number of hydrogen-bond donors (Lipinski definition) is 1. The predicted molar refractivity (Wildman–Crippen MR) is 92.8 cm³/mol. The Morgan fingerprint density at radius 1 is 1.35 bits per heavy atom. The molecule has 0 radical (unpaired) electrons. The van der Waals surface area contributed by atoms with Crippen LogP contribution < -0.4 is 0 Å². The first-order chi connectivity index (χ1) is 10.9. The van der Waals surface area contributed by atoms with Crippen molar-refractivity contribution in [1.82, 2.24) is 14.8 Å². The van der Waals surface area contributed by atoms with Gasteiger partial charge in [0.05, 0.1) is 29.5 Å². The second-order valence-electron chi connectivity index (χ2n) is 7.64. The Morgan fingerprint density at radius 3 is 2.70 bits per heavy atom. The summed E-state index contributed by atoms with van der Waals surface area (Å²) in [5.74, 6) is 0. The zero-order valence-corrected chi connectivity index (χ0v) is 15.4. The van der Waals surface area contributed by atoms with Gasteiger partial charge in [0.25, 0.3) is 0 Å². The molecule has 3 rings (SSSR count). The fourth-order valence-electron chi connectivity index (χ4n) is 3.82. The Labute approximate surface area is 143 Å². The number of rotatable bonds is 4. The Bertz CT molecular complexity index is 518. The lowest BCUT2D eigenvalue weighted by molar-refractivity contribution is -0.104. The van der Waals surface area contributed by atoms with E-state index in [1.807, 2.05) is 13.8 Å². The van der Waals surface area contributed by atoms with Gasteiger partial charge in [-0.3, -0.25) is 4.90 Å². The number of aromatic nitrogens is 1. The molecular formula is C17H29N3O2S. The number of hydrogen-bond acceptors (Lipinski definition) is 6. The van der Waals surface area contributed by atoms with Gasteiger partial charge in [-0.2, -0.15) is 0 Å². The number of ether oxygens (including phenoxy) is 1. The summed E-state index contributed by atoms with van der Waals surface area (Å²) in [4.78, 5) is 9.61. The molecule has 0 aliphatic carbocycles. The lowest BCUT2D eigenvalue weighted by Crippen LogP contribution is -2.61. The molecule has 2 aliphatic rings. The molecule has 1 aromatic rings. The summed E-state index contributed by atoms with van der Waals surface area (Å²) in [5, 5.41) is 13.4. The topological polar surface area (TPSA) is 48.8 Å². The molecule has 3 heterocycles. The average Bonchev–Trinajstić information content (AvgIpc) is 2.88. The van der Waals surface area contributed by atoms with Gasteiger partial charge in [-0.05, 0) is 33.6 Å². The van der Waals surface area contributed by atoms with Gasteiger partial charge in [0.1, 0.15) is 0 Å². The van der Waals surface area contributed by atoms with Gasteiger partial charge in [0.2, 0.25) is 0 Å². The lowest BCUT2D eigenvalue weighted by atomic mass is 9.84. The van der Waals surface area contributed by atoms with Gasteiger partial charge >= 0.3 is 0 Å². The zero-order valence-electron chi connectivity index (χ0n) is 14.5. The molecule has 1 aromatic heterocycles. The first-order valence-corrected chi connectivity index (χ1v) is 9.43. The standard InChI is InChI=1S/C17H29N3O2S/c1-14-18-15(11-23-14)10-20-8-9-22-13-17(20)4-6-19(7-5-17)12-16(2,3)21/h11,21H,4-10,12-13H2,1-3H3. The molecule has 0 atom stereocenters. The Morgan fingerprint density at radius 2 is 2.09 bits per heavy atom. The number of morpholine rings is 1. The second kappa shape index (κ2) is 6.76. The predicted octanol–water partition coefficient (Wildman–Crippen LogP) is 1.89. The van der Waals surface area contributed by atoms with Crippen molar-refractivity contribution in [3.63, 3.8) is 0 Å². The average molecular weight is 340 g/mol. The summed E-state index contributed by atoms with van der Waals surface area (Å²) in [5.41, 5.74) is 0.713. The number of aliphatic hydroxyl groups is 1. The van der Waals surface area contributed by atoms with E-state index < -0.39 is 5.60 Å². The minimum Gasteiger partial charge on any atom is -0.389 e. The third kappa shape index (κ3) is 4.31. The summed E-state index contributed by atoms with van der Waals surface area (Å²) in [6.07, 6.45) is 2.21. The number of nitrogens with zero attached hydrogens (tertiary/aromatic N) is 3.